The van der Waals surface area contributed by atoms with E-state index in [1.54, 1.807) is 0 Å². The van der Waals surface area contributed by atoms with Gasteiger partial charge in [-0.2, -0.15) is 0 Å². The molecule has 0 aliphatic heterocycles. The first-order valence-electron chi connectivity index (χ1n) is 6.93. The number of ether oxygens (including phenoxy) is 1. The SMILES string of the molecule is CCOCc1nc(NN)cc(N(C)CC2CC(O)C2)n1. The molecule has 2 rings (SSSR count). The average Bonchev–Trinajstić information content (AvgIpc) is 2.42. The van der Waals surface area contributed by atoms with E-state index in [4.69, 9.17) is 10.6 Å². The summed E-state index contributed by atoms with van der Waals surface area (Å²) in [4.78, 5) is 10.8. The lowest BCUT2D eigenvalue weighted by Crippen LogP contribution is -2.37. The Bertz CT molecular complexity index is 437. The van der Waals surface area contributed by atoms with Gasteiger partial charge in [0.1, 0.15) is 18.2 Å². The van der Waals surface area contributed by atoms with Crippen LogP contribution in [0.5, 0.6) is 0 Å². The van der Waals surface area contributed by atoms with Gasteiger partial charge in [-0.05, 0) is 25.7 Å². The van der Waals surface area contributed by atoms with Crippen molar-refractivity contribution in [2.24, 2.45) is 11.8 Å². The third-order valence-electron chi connectivity index (χ3n) is 3.48. The van der Waals surface area contributed by atoms with Crippen molar-refractivity contribution in [1.82, 2.24) is 9.97 Å². The molecule has 0 radical (unpaired) electrons. The van der Waals surface area contributed by atoms with Gasteiger partial charge in [-0.3, -0.25) is 0 Å². The molecule has 0 spiro atoms. The second kappa shape index (κ2) is 6.83. The highest BCUT2D eigenvalue weighted by atomic mass is 16.5. The maximum absolute atomic E-state index is 9.34. The molecule has 0 bridgehead atoms. The summed E-state index contributed by atoms with van der Waals surface area (Å²) in [6.45, 7) is 3.79. The average molecular weight is 281 g/mol. The first-order chi connectivity index (χ1) is 9.62. The fraction of sp³-hybridized carbons (Fsp3) is 0.692. The number of hydrogen-bond acceptors (Lipinski definition) is 7. The monoisotopic (exact) mass is 281 g/mol. The van der Waals surface area contributed by atoms with Gasteiger partial charge >= 0.3 is 0 Å². The van der Waals surface area contributed by atoms with Crippen molar-refractivity contribution in [2.75, 3.05) is 30.5 Å². The van der Waals surface area contributed by atoms with Gasteiger partial charge < -0.3 is 20.2 Å². The number of rotatable bonds is 7. The van der Waals surface area contributed by atoms with E-state index in [0.717, 1.165) is 25.2 Å². The van der Waals surface area contributed by atoms with Crippen LogP contribution in [-0.2, 0) is 11.3 Å². The van der Waals surface area contributed by atoms with Crippen LogP contribution in [0, 0.1) is 5.92 Å². The third-order valence-corrected chi connectivity index (χ3v) is 3.48. The second-order valence-electron chi connectivity index (χ2n) is 5.18. The van der Waals surface area contributed by atoms with Crippen molar-refractivity contribution in [1.29, 1.82) is 0 Å². The van der Waals surface area contributed by atoms with Crippen LogP contribution in [0.1, 0.15) is 25.6 Å². The van der Waals surface area contributed by atoms with E-state index in [2.05, 4.69) is 20.3 Å². The molecule has 1 aliphatic carbocycles. The Balaban J connectivity index is 2.04. The number of nitrogen functional groups attached to an aromatic ring is 1. The van der Waals surface area contributed by atoms with Crippen LogP contribution in [0.2, 0.25) is 0 Å². The summed E-state index contributed by atoms with van der Waals surface area (Å²) in [5.41, 5.74) is 2.55. The van der Waals surface area contributed by atoms with E-state index < -0.39 is 0 Å². The number of nitrogens with two attached hydrogens (primary N) is 1. The van der Waals surface area contributed by atoms with E-state index in [-0.39, 0.29) is 6.10 Å². The summed E-state index contributed by atoms with van der Waals surface area (Å²) in [5, 5.41) is 9.34. The number of nitrogens with one attached hydrogen (secondary N) is 1. The maximum Gasteiger partial charge on any atom is 0.158 e. The Hall–Kier alpha value is -1.44. The smallest absolute Gasteiger partial charge is 0.158 e. The van der Waals surface area contributed by atoms with Crippen molar-refractivity contribution < 1.29 is 9.84 Å². The largest absolute Gasteiger partial charge is 0.393 e. The van der Waals surface area contributed by atoms with Crippen molar-refractivity contribution in [3.8, 4) is 0 Å². The maximum atomic E-state index is 9.34. The number of hydrazine groups is 1. The van der Waals surface area contributed by atoms with Gasteiger partial charge in [-0.25, -0.2) is 15.8 Å². The molecule has 1 heterocycles. The summed E-state index contributed by atoms with van der Waals surface area (Å²) in [7, 11) is 1.98. The molecule has 4 N–H and O–H groups in total. The van der Waals surface area contributed by atoms with Crippen LogP contribution in [0.4, 0.5) is 11.6 Å². The fourth-order valence-corrected chi connectivity index (χ4v) is 2.34. The quantitative estimate of drug-likeness (QED) is 0.495. The minimum Gasteiger partial charge on any atom is -0.393 e. The highest BCUT2D eigenvalue weighted by Gasteiger charge is 2.28. The molecule has 0 amide bonds. The Morgan fingerprint density at radius 1 is 1.50 bits per heavy atom. The van der Waals surface area contributed by atoms with Gasteiger partial charge in [0.2, 0.25) is 0 Å². The Labute approximate surface area is 119 Å². The molecule has 0 atom stereocenters. The van der Waals surface area contributed by atoms with Crippen LogP contribution in [-0.4, -0.2) is 41.4 Å². The second-order valence-corrected chi connectivity index (χ2v) is 5.18. The van der Waals surface area contributed by atoms with Gasteiger partial charge in [0.05, 0.1) is 6.10 Å². The van der Waals surface area contributed by atoms with E-state index in [0.29, 0.717) is 30.8 Å². The normalized spacial score (nSPS) is 21.4. The van der Waals surface area contributed by atoms with Crippen molar-refractivity contribution >= 4 is 11.6 Å². The topological polar surface area (TPSA) is 96.5 Å². The van der Waals surface area contributed by atoms with Gasteiger partial charge in [-0.1, -0.05) is 0 Å². The van der Waals surface area contributed by atoms with Crippen molar-refractivity contribution in [3.05, 3.63) is 11.9 Å². The van der Waals surface area contributed by atoms with Gasteiger partial charge in [0.15, 0.2) is 5.82 Å². The summed E-state index contributed by atoms with van der Waals surface area (Å²) in [5.74, 6) is 7.96. The van der Waals surface area contributed by atoms with E-state index in [1.807, 2.05) is 20.0 Å². The molecule has 112 valence electrons. The number of aromatic nitrogens is 2. The minimum absolute atomic E-state index is 0.131. The first kappa shape index (κ1) is 15.0. The predicted molar refractivity (Wildman–Crippen MR) is 77.2 cm³/mol. The Morgan fingerprint density at radius 2 is 2.25 bits per heavy atom. The van der Waals surface area contributed by atoms with Crippen LogP contribution in [0.25, 0.3) is 0 Å². The van der Waals surface area contributed by atoms with Crippen molar-refractivity contribution in [3.63, 3.8) is 0 Å². The first-order valence-corrected chi connectivity index (χ1v) is 6.93. The fourth-order valence-electron chi connectivity index (χ4n) is 2.34. The molecule has 0 saturated heterocycles. The lowest BCUT2D eigenvalue weighted by Gasteiger charge is -2.34. The third kappa shape index (κ3) is 3.78. The predicted octanol–water partition coefficient (Wildman–Crippen LogP) is 0.506. The molecule has 0 unspecified atom stereocenters. The number of aliphatic hydroxyl groups excluding tert-OH is 1. The molecular formula is C13H23N5O2. The van der Waals surface area contributed by atoms with Gasteiger partial charge in [-0.15, -0.1) is 0 Å². The molecule has 7 heteroatoms. The summed E-state index contributed by atoms with van der Waals surface area (Å²) in [6, 6.07) is 1.81. The minimum atomic E-state index is -0.131. The highest BCUT2D eigenvalue weighted by Crippen LogP contribution is 2.29. The number of anilines is 2. The molecule has 20 heavy (non-hydrogen) atoms. The molecule has 1 aromatic rings. The number of nitrogens with zero attached hydrogens (tertiary/aromatic N) is 3. The lowest BCUT2D eigenvalue weighted by atomic mass is 9.82. The number of hydrogen-bond donors (Lipinski definition) is 3. The summed E-state index contributed by atoms with van der Waals surface area (Å²) >= 11 is 0. The molecule has 1 fully saturated rings. The molecule has 1 saturated carbocycles. The summed E-state index contributed by atoms with van der Waals surface area (Å²) < 4.78 is 5.34. The Morgan fingerprint density at radius 3 is 2.85 bits per heavy atom. The molecule has 1 aliphatic rings. The molecule has 0 aromatic carbocycles. The van der Waals surface area contributed by atoms with Gasteiger partial charge in [0.25, 0.3) is 0 Å². The zero-order valence-corrected chi connectivity index (χ0v) is 12.0. The molecule has 7 nitrogen and oxygen atoms in total. The van der Waals surface area contributed by atoms with Crippen LogP contribution in [0.3, 0.4) is 0 Å². The Kier molecular flexibility index (Phi) is 5.11. The molecule has 1 aromatic heterocycles. The summed E-state index contributed by atoms with van der Waals surface area (Å²) in [6.07, 6.45) is 1.60. The van der Waals surface area contributed by atoms with Crippen LogP contribution < -0.4 is 16.2 Å². The van der Waals surface area contributed by atoms with E-state index in [9.17, 15) is 5.11 Å². The van der Waals surface area contributed by atoms with Crippen molar-refractivity contribution in [2.45, 2.75) is 32.5 Å². The highest BCUT2D eigenvalue weighted by molar-refractivity contribution is 5.48. The molecular weight excluding hydrogens is 258 g/mol. The zero-order chi connectivity index (χ0) is 14.5. The zero-order valence-electron chi connectivity index (χ0n) is 12.0. The van der Waals surface area contributed by atoms with Gasteiger partial charge in [0, 0.05) is 26.3 Å². The van der Waals surface area contributed by atoms with E-state index >= 15 is 0 Å². The van der Waals surface area contributed by atoms with E-state index in [1.165, 1.54) is 0 Å². The van der Waals surface area contributed by atoms with Crippen LogP contribution in [0.15, 0.2) is 6.07 Å². The lowest BCUT2D eigenvalue weighted by molar-refractivity contribution is 0.0464. The van der Waals surface area contributed by atoms with Crippen LogP contribution >= 0.6 is 0 Å². The standard InChI is InChI=1S/C13H23N5O2/c1-3-20-8-12-15-11(17-14)6-13(16-12)18(2)7-9-4-10(19)5-9/h6,9-10,19H,3-5,7-8,14H2,1-2H3,(H,15,16,17). The number of aliphatic hydroxyl groups is 1.